The molecule has 29 heavy (non-hydrogen) atoms. The molecule has 1 fully saturated rings. The zero-order valence-electron chi connectivity index (χ0n) is 16.3. The van der Waals surface area contributed by atoms with Crippen molar-refractivity contribution >= 4 is 11.9 Å². The Morgan fingerprint density at radius 2 is 2.14 bits per heavy atom. The van der Waals surface area contributed by atoms with Crippen molar-refractivity contribution in [3.8, 4) is 17.2 Å². The Morgan fingerprint density at radius 1 is 1.24 bits per heavy atom. The van der Waals surface area contributed by atoms with E-state index in [0.717, 1.165) is 42.9 Å². The second-order valence-electron chi connectivity index (χ2n) is 7.52. The van der Waals surface area contributed by atoms with E-state index in [1.807, 2.05) is 30.3 Å². The number of rotatable bonds is 4. The molecule has 150 valence electrons. The van der Waals surface area contributed by atoms with Gasteiger partial charge < -0.3 is 18.9 Å². The molecule has 0 saturated carbocycles. The number of allylic oxidation sites excluding steroid dienone is 1. The maximum atomic E-state index is 12.9. The number of nitrogens with zero attached hydrogens (tertiary/aromatic N) is 1. The molecule has 0 unspecified atom stereocenters. The summed E-state index contributed by atoms with van der Waals surface area (Å²) in [5, 5.41) is 0. The van der Waals surface area contributed by atoms with Crippen LogP contribution >= 0.6 is 0 Å². The van der Waals surface area contributed by atoms with Gasteiger partial charge in [-0.15, -0.1) is 0 Å². The number of carbonyl (C=O) groups excluding carboxylic acids is 1. The Balaban J connectivity index is 1.43. The minimum absolute atomic E-state index is 0.120. The Hall–Kier alpha value is -2.83. The van der Waals surface area contributed by atoms with Crippen molar-refractivity contribution in [1.29, 1.82) is 0 Å². The lowest BCUT2D eigenvalue weighted by atomic mass is 10.0. The molecule has 3 aliphatic rings. The molecular weight excluding hydrogens is 370 g/mol. The van der Waals surface area contributed by atoms with Crippen molar-refractivity contribution in [3.05, 3.63) is 58.8 Å². The third-order valence-corrected chi connectivity index (χ3v) is 5.59. The summed E-state index contributed by atoms with van der Waals surface area (Å²) in [4.78, 5) is 15.1. The molecule has 0 aromatic heterocycles. The summed E-state index contributed by atoms with van der Waals surface area (Å²) in [6.07, 6.45) is 4.18. The van der Waals surface area contributed by atoms with Crippen molar-refractivity contribution in [2.45, 2.75) is 25.5 Å². The molecule has 5 rings (SSSR count). The van der Waals surface area contributed by atoms with Gasteiger partial charge in [0.25, 0.3) is 0 Å². The normalized spacial score (nSPS) is 22.2. The van der Waals surface area contributed by atoms with Crippen LogP contribution in [0.15, 0.2) is 42.2 Å². The number of para-hydroxylation sites is 1. The van der Waals surface area contributed by atoms with Gasteiger partial charge >= 0.3 is 0 Å². The number of ketones is 1. The highest BCUT2D eigenvalue weighted by molar-refractivity contribution is 6.15. The molecule has 1 saturated heterocycles. The third kappa shape index (κ3) is 3.39. The predicted molar refractivity (Wildman–Crippen MR) is 107 cm³/mol. The van der Waals surface area contributed by atoms with Gasteiger partial charge in [0.05, 0.1) is 24.3 Å². The van der Waals surface area contributed by atoms with E-state index in [1.54, 1.807) is 19.3 Å². The lowest BCUT2D eigenvalue weighted by Crippen LogP contribution is -2.37. The first-order chi connectivity index (χ1) is 14.2. The maximum absolute atomic E-state index is 12.9. The minimum atomic E-state index is -0.120. The summed E-state index contributed by atoms with van der Waals surface area (Å²) in [6.45, 7) is 2.85. The molecule has 3 aliphatic heterocycles. The Kier molecular flexibility index (Phi) is 4.73. The zero-order valence-corrected chi connectivity index (χ0v) is 16.3. The van der Waals surface area contributed by atoms with Crippen LogP contribution in [0.2, 0.25) is 0 Å². The van der Waals surface area contributed by atoms with Gasteiger partial charge in [-0.1, -0.05) is 18.2 Å². The molecule has 3 heterocycles. The molecule has 0 N–H and O–H groups in total. The van der Waals surface area contributed by atoms with E-state index in [2.05, 4.69) is 4.90 Å². The number of benzene rings is 2. The number of hydrogen-bond acceptors (Lipinski definition) is 6. The molecule has 6 heteroatoms. The zero-order chi connectivity index (χ0) is 19.8. The van der Waals surface area contributed by atoms with Crippen LogP contribution < -0.4 is 14.2 Å². The molecule has 0 spiro atoms. The Bertz CT molecular complexity index is 977. The van der Waals surface area contributed by atoms with Crippen LogP contribution in [0.1, 0.15) is 34.3 Å². The number of Topliss-reactive ketones (excluding diaryl/α,β-unsaturated/α-hetero) is 1. The van der Waals surface area contributed by atoms with Gasteiger partial charge in [0.15, 0.2) is 5.76 Å². The van der Waals surface area contributed by atoms with Gasteiger partial charge in [-0.25, -0.2) is 0 Å². The molecule has 0 radical (unpaired) electrons. The summed E-state index contributed by atoms with van der Waals surface area (Å²) in [5.74, 6) is 2.25. The lowest BCUT2D eigenvalue weighted by molar-refractivity contribution is 0.0274. The summed E-state index contributed by atoms with van der Waals surface area (Å²) in [7, 11) is 1.61. The number of ether oxygens (including phenoxy) is 4. The smallest absolute Gasteiger partial charge is 0.231 e. The number of hydrogen-bond donors (Lipinski definition) is 0. The van der Waals surface area contributed by atoms with E-state index >= 15 is 0 Å². The van der Waals surface area contributed by atoms with Crippen LogP contribution in [0.3, 0.4) is 0 Å². The van der Waals surface area contributed by atoms with Crippen LogP contribution in [0, 0.1) is 0 Å². The van der Waals surface area contributed by atoms with E-state index < -0.39 is 0 Å². The van der Waals surface area contributed by atoms with Crippen LogP contribution in [0.5, 0.6) is 17.2 Å². The number of fused-ring (bicyclic) bond motifs is 3. The van der Waals surface area contributed by atoms with Gasteiger partial charge in [0.2, 0.25) is 5.78 Å². The van der Waals surface area contributed by atoms with Gasteiger partial charge in [-0.2, -0.15) is 0 Å². The van der Waals surface area contributed by atoms with Crippen LogP contribution in [0.25, 0.3) is 6.08 Å². The van der Waals surface area contributed by atoms with E-state index in [9.17, 15) is 4.79 Å². The molecule has 2 aromatic carbocycles. The molecule has 1 atom stereocenters. The van der Waals surface area contributed by atoms with E-state index in [0.29, 0.717) is 36.1 Å². The SMILES string of the molecule is COc1ccccc1/C=C1\Oc2c(ccc3c2CN(C[C@H]2CCCO2)CO3)C1=O. The highest BCUT2D eigenvalue weighted by atomic mass is 16.5. The van der Waals surface area contributed by atoms with Crippen LogP contribution in [0.4, 0.5) is 0 Å². The first-order valence-corrected chi connectivity index (χ1v) is 9.93. The van der Waals surface area contributed by atoms with Gasteiger partial charge in [0.1, 0.15) is 24.0 Å². The van der Waals surface area contributed by atoms with Gasteiger partial charge in [-0.05, 0) is 37.1 Å². The van der Waals surface area contributed by atoms with Crippen LogP contribution in [-0.2, 0) is 11.3 Å². The van der Waals surface area contributed by atoms with Gasteiger partial charge in [0, 0.05) is 25.3 Å². The maximum Gasteiger partial charge on any atom is 0.231 e. The molecule has 2 aromatic rings. The fourth-order valence-corrected chi connectivity index (χ4v) is 4.12. The fourth-order valence-electron chi connectivity index (χ4n) is 4.12. The van der Waals surface area contributed by atoms with Gasteiger partial charge in [-0.3, -0.25) is 9.69 Å². The standard InChI is InChI=1S/C23H23NO5/c1-26-19-7-3-2-5-15(19)11-21-22(25)17-8-9-20-18(23(17)29-21)13-24(14-28-20)12-16-6-4-10-27-16/h2-3,5,7-9,11,16H,4,6,10,12-14H2,1H3/b21-11-/t16-/m1/s1. The van der Waals surface area contributed by atoms with E-state index in [1.165, 1.54) is 0 Å². The summed E-state index contributed by atoms with van der Waals surface area (Å²) in [5.41, 5.74) is 2.30. The predicted octanol–water partition coefficient (Wildman–Crippen LogP) is 3.64. The Labute approximate surface area is 169 Å². The molecular formula is C23H23NO5. The summed E-state index contributed by atoms with van der Waals surface area (Å²) >= 11 is 0. The third-order valence-electron chi connectivity index (χ3n) is 5.59. The molecule has 0 bridgehead atoms. The lowest BCUT2D eigenvalue weighted by Gasteiger charge is -2.31. The van der Waals surface area contributed by atoms with E-state index in [4.69, 9.17) is 18.9 Å². The van der Waals surface area contributed by atoms with Crippen molar-refractivity contribution in [2.24, 2.45) is 0 Å². The second-order valence-corrected chi connectivity index (χ2v) is 7.52. The summed E-state index contributed by atoms with van der Waals surface area (Å²) in [6, 6.07) is 11.2. The highest BCUT2D eigenvalue weighted by Gasteiger charge is 2.34. The topological polar surface area (TPSA) is 57.2 Å². The fraction of sp³-hybridized carbons (Fsp3) is 0.348. The average molecular weight is 393 g/mol. The first kappa shape index (κ1) is 18.2. The monoisotopic (exact) mass is 393 g/mol. The number of methoxy groups -OCH3 is 1. The van der Waals surface area contributed by atoms with Crippen molar-refractivity contribution < 1.29 is 23.7 Å². The largest absolute Gasteiger partial charge is 0.496 e. The van der Waals surface area contributed by atoms with Crippen molar-refractivity contribution in [1.82, 2.24) is 4.90 Å². The van der Waals surface area contributed by atoms with Crippen molar-refractivity contribution in [3.63, 3.8) is 0 Å². The quantitative estimate of drug-likeness (QED) is 0.740. The number of carbonyl (C=O) groups is 1. The second kappa shape index (κ2) is 7.54. The van der Waals surface area contributed by atoms with Crippen LogP contribution in [-0.4, -0.2) is 43.8 Å². The minimum Gasteiger partial charge on any atom is -0.496 e. The molecule has 0 aliphatic carbocycles. The average Bonchev–Trinajstić information content (AvgIpc) is 3.37. The highest BCUT2D eigenvalue weighted by Crippen LogP contribution is 2.42. The first-order valence-electron chi connectivity index (χ1n) is 9.93. The van der Waals surface area contributed by atoms with E-state index in [-0.39, 0.29) is 11.9 Å². The molecule has 6 nitrogen and oxygen atoms in total. The van der Waals surface area contributed by atoms with Crippen molar-refractivity contribution in [2.75, 3.05) is 27.0 Å². The Morgan fingerprint density at radius 3 is 2.97 bits per heavy atom. The summed E-state index contributed by atoms with van der Waals surface area (Å²) < 4.78 is 23.1. The molecule has 0 amide bonds.